The third-order valence-electron chi connectivity index (χ3n) is 9.28. The highest BCUT2D eigenvalue weighted by Gasteiger charge is 2.30. The molecule has 1 atom stereocenters. The smallest absolute Gasteiger partial charge is 0.0547 e. The minimum absolute atomic E-state index is 0.165. The molecule has 0 bridgehead atoms. The lowest BCUT2D eigenvalue weighted by molar-refractivity contribution is 1.01. The topological polar surface area (TPSA) is 4.93 Å². The molecule has 1 heteroatoms. The third-order valence-corrected chi connectivity index (χ3v) is 9.28. The molecule has 0 saturated carbocycles. The predicted octanol–water partition coefficient (Wildman–Crippen LogP) is 11.3. The Hall–Kier alpha value is -5.66. The summed E-state index contributed by atoms with van der Waals surface area (Å²) in [4.78, 5) is 0. The van der Waals surface area contributed by atoms with E-state index in [-0.39, 0.29) is 5.92 Å². The van der Waals surface area contributed by atoms with Crippen LogP contribution in [-0.4, -0.2) is 4.57 Å². The number of nitrogens with zero attached hydrogens (tertiary/aromatic N) is 1. The molecule has 206 valence electrons. The molecule has 7 aromatic carbocycles. The fourth-order valence-corrected chi connectivity index (χ4v) is 7.38. The molecule has 0 amide bonds. The molecule has 1 aromatic heterocycles. The molecule has 0 fully saturated rings. The van der Waals surface area contributed by atoms with Crippen molar-refractivity contribution in [2.45, 2.75) is 5.92 Å². The minimum Gasteiger partial charge on any atom is -0.309 e. The van der Waals surface area contributed by atoms with E-state index in [1.807, 2.05) is 0 Å². The van der Waals surface area contributed by atoms with Crippen LogP contribution in [0.15, 0.2) is 170 Å². The van der Waals surface area contributed by atoms with Crippen molar-refractivity contribution in [1.82, 2.24) is 4.57 Å². The quantitative estimate of drug-likeness (QED) is 0.202. The summed E-state index contributed by atoms with van der Waals surface area (Å²) >= 11 is 0. The number of rotatable bonds is 4. The Balaban J connectivity index is 1.27. The van der Waals surface area contributed by atoms with Gasteiger partial charge in [-0.1, -0.05) is 146 Å². The number of hydrogen-bond donors (Lipinski definition) is 0. The molecule has 44 heavy (non-hydrogen) atoms. The predicted molar refractivity (Wildman–Crippen MR) is 184 cm³/mol. The van der Waals surface area contributed by atoms with Crippen LogP contribution in [-0.2, 0) is 0 Å². The zero-order valence-electron chi connectivity index (χ0n) is 24.2. The molecule has 9 rings (SSSR count). The monoisotopic (exact) mass is 559 g/mol. The van der Waals surface area contributed by atoms with Crippen molar-refractivity contribution in [3.8, 4) is 39.1 Å². The van der Waals surface area contributed by atoms with E-state index in [2.05, 4.69) is 174 Å². The molecule has 0 radical (unpaired) electrons. The van der Waals surface area contributed by atoms with E-state index in [1.54, 1.807) is 0 Å². The Morgan fingerprint density at radius 1 is 0.386 bits per heavy atom. The summed E-state index contributed by atoms with van der Waals surface area (Å²) in [6.45, 7) is 0. The van der Waals surface area contributed by atoms with Gasteiger partial charge in [0.15, 0.2) is 0 Å². The van der Waals surface area contributed by atoms with Crippen LogP contribution in [0.4, 0.5) is 0 Å². The van der Waals surface area contributed by atoms with Gasteiger partial charge in [-0.2, -0.15) is 0 Å². The Kier molecular flexibility index (Phi) is 5.64. The lowest BCUT2D eigenvalue weighted by atomic mass is 9.87. The van der Waals surface area contributed by atoms with E-state index in [9.17, 15) is 0 Å². The summed E-state index contributed by atoms with van der Waals surface area (Å²) in [5.74, 6) is 0.165. The first-order chi connectivity index (χ1) is 21.8. The Bertz CT molecular complexity index is 2330. The van der Waals surface area contributed by atoms with Gasteiger partial charge in [-0.15, -0.1) is 0 Å². The average Bonchev–Trinajstić information content (AvgIpc) is 3.62. The molecule has 0 spiro atoms. The van der Waals surface area contributed by atoms with Gasteiger partial charge >= 0.3 is 0 Å². The van der Waals surface area contributed by atoms with Crippen molar-refractivity contribution in [1.29, 1.82) is 0 Å². The maximum atomic E-state index is 2.46. The van der Waals surface area contributed by atoms with E-state index >= 15 is 0 Å². The molecule has 1 heterocycles. The fourth-order valence-electron chi connectivity index (χ4n) is 7.38. The zero-order valence-corrected chi connectivity index (χ0v) is 24.2. The van der Waals surface area contributed by atoms with Gasteiger partial charge in [0.25, 0.3) is 0 Å². The molecule has 8 aromatic rings. The average molecular weight is 560 g/mol. The Labute approximate surface area is 257 Å². The van der Waals surface area contributed by atoms with Crippen molar-refractivity contribution in [3.05, 3.63) is 187 Å². The maximum Gasteiger partial charge on any atom is 0.0547 e. The Morgan fingerprint density at radius 3 is 1.89 bits per heavy atom. The van der Waals surface area contributed by atoms with E-state index in [0.29, 0.717) is 0 Å². The third kappa shape index (κ3) is 3.80. The van der Waals surface area contributed by atoms with Gasteiger partial charge < -0.3 is 4.57 Å². The largest absolute Gasteiger partial charge is 0.309 e. The van der Waals surface area contributed by atoms with Gasteiger partial charge in [-0.3, -0.25) is 0 Å². The summed E-state index contributed by atoms with van der Waals surface area (Å²) in [6, 6.07) is 62.1. The van der Waals surface area contributed by atoms with Gasteiger partial charge in [0, 0.05) is 22.4 Å². The van der Waals surface area contributed by atoms with E-state index in [4.69, 9.17) is 0 Å². The first-order valence-corrected chi connectivity index (χ1v) is 15.3. The van der Waals surface area contributed by atoms with Crippen molar-refractivity contribution in [2.75, 3.05) is 0 Å². The van der Waals surface area contributed by atoms with E-state index in [0.717, 1.165) is 0 Å². The fraction of sp³-hybridized carbons (Fsp3) is 0.0233. The highest BCUT2D eigenvalue weighted by Crippen LogP contribution is 2.49. The normalized spacial score (nSPS) is 13.7. The summed E-state index contributed by atoms with van der Waals surface area (Å²) in [7, 11) is 0. The summed E-state index contributed by atoms with van der Waals surface area (Å²) < 4.78 is 2.46. The highest BCUT2D eigenvalue weighted by molar-refractivity contribution is 6.15. The van der Waals surface area contributed by atoms with Crippen molar-refractivity contribution in [2.24, 2.45) is 0 Å². The summed E-state index contributed by atoms with van der Waals surface area (Å²) in [6.07, 6.45) is 0. The van der Waals surface area contributed by atoms with Crippen molar-refractivity contribution < 1.29 is 0 Å². The van der Waals surface area contributed by atoms with Gasteiger partial charge in [0.05, 0.1) is 11.0 Å². The number of aromatic nitrogens is 1. The SMILES string of the molecule is c1ccc(-c2cccc(C3c4ccccc4-c4ccc(-n5c6ccccc6c6c(-c7ccccc7)cccc65)cc43)c2)cc1. The molecule has 0 saturated heterocycles. The van der Waals surface area contributed by atoms with E-state index in [1.165, 1.54) is 77.6 Å². The number of para-hydroxylation sites is 1. The number of benzene rings is 7. The van der Waals surface area contributed by atoms with Gasteiger partial charge in [0.2, 0.25) is 0 Å². The van der Waals surface area contributed by atoms with Crippen LogP contribution in [0.3, 0.4) is 0 Å². The van der Waals surface area contributed by atoms with Crippen LogP contribution in [0.5, 0.6) is 0 Å². The standard InChI is InChI=1S/C43H29N/c1-3-13-29(14-4-1)31-17-11-18-32(27-31)42-37-20-8-7-19-35(37)36-26-25-33(28-39(36)42)44-40-23-10-9-21-38(40)43-34(22-12-24-41(43)44)30-15-5-2-6-16-30/h1-28,42H. The van der Waals surface area contributed by atoms with Crippen LogP contribution in [0.1, 0.15) is 22.6 Å². The van der Waals surface area contributed by atoms with Crippen LogP contribution in [0, 0.1) is 0 Å². The minimum atomic E-state index is 0.165. The first-order valence-electron chi connectivity index (χ1n) is 15.3. The van der Waals surface area contributed by atoms with Crippen LogP contribution in [0.25, 0.3) is 60.9 Å². The summed E-state index contributed by atoms with van der Waals surface area (Å²) in [5, 5.41) is 2.57. The van der Waals surface area contributed by atoms with Crippen molar-refractivity contribution in [3.63, 3.8) is 0 Å². The Morgan fingerprint density at radius 2 is 1.02 bits per heavy atom. The second-order valence-electron chi connectivity index (χ2n) is 11.7. The van der Waals surface area contributed by atoms with Crippen LogP contribution in [0.2, 0.25) is 0 Å². The molecular weight excluding hydrogens is 530 g/mol. The summed E-state index contributed by atoms with van der Waals surface area (Å²) in [5.41, 5.74) is 15.4. The van der Waals surface area contributed by atoms with Gasteiger partial charge in [-0.05, 0) is 74.3 Å². The second kappa shape index (κ2) is 9.97. The zero-order chi connectivity index (χ0) is 29.0. The number of hydrogen-bond acceptors (Lipinski definition) is 0. The molecule has 0 aliphatic heterocycles. The molecular formula is C43H29N. The molecule has 0 N–H and O–H groups in total. The van der Waals surface area contributed by atoms with Gasteiger partial charge in [0.1, 0.15) is 0 Å². The van der Waals surface area contributed by atoms with E-state index < -0.39 is 0 Å². The second-order valence-corrected chi connectivity index (χ2v) is 11.7. The lowest BCUT2D eigenvalue weighted by Crippen LogP contribution is -2.01. The van der Waals surface area contributed by atoms with Gasteiger partial charge in [-0.25, -0.2) is 0 Å². The maximum absolute atomic E-state index is 2.46. The number of fused-ring (bicyclic) bond motifs is 6. The highest BCUT2D eigenvalue weighted by atomic mass is 15.0. The first kappa shape index (κ1) is 24.9. The van der Waals surface area contributed by atoms with Crippen molar-refractivity contribution >= 4 is 21.8 Å². The molecule has 1 nitrogen and oxygen atoms in total. The lowest BCUT2D eigenvalue weighted by Gasteiger charge is -2.17. The van der Waals surface area contributed by atoms with Crippen LogP contribution < -0.4 is 0 Å². The molecule has 1 aliphatic rings. The molecule has 1 aliphatic carbocycles. The molecule has 1 unspecified atom stereocenters. The van der Waals surface area contributed by atoms with Crippen LogP contribution >= 0.6 is 0 Å².